The molecule has 140 valence electrons. The van der Waals surface area contributed by atoms with Crippen LogP contribution in [0.4, 0.5) is 0 Å². The van der Waals surface area contributed by atoms with Crippen molar-refractivity contribution >= 4 is 15.9 Å². The van der Waals surface area contributed by atoms with Crippen molar-refractivity contribution in [2.24, 2.45) is 0 Å². The van der Waals surface area contributed by atoms with E-state index in [9.17, 15) is 13.2 Å². The van der Waals surface area contributed by atoms with Crippen molar-refractivity contribution in [3.8, 4) is 5.75 Å². The lowest BCUT2D eigenvalue weighted by atomic mass is 10.1. The summed E-state index contributed by atoms with van der Waals surface area (Å²) in [6.45, 7) is 2.92. The molecule has 1 saturated heterocycles. The van der Waals surface area contributed by atoms with Crippen molar-refractivity contribution in [3.63, 3.8) is 0 Å². The van der Waals surface area contributed by atoms with Crippen molar-refractivity contribution in [2.45, 2.75) is 12.8 Å². The maximum atomic E-state index is 12.3. The second-order valence-electron chi connectivity index (χ2n) is 6.22. The zero-order valence-electron chi connectivity index (χ0n) is 14.9. The molecule has 0 atom stereocenters. The van der Waals surface area contributed by atoms with Crippen molar-refractivity contribution in [1.29, 1.82) is 0 Å². The van der Waals surface area contributed by atoms with E-state index < -0.39 is 10.0 Å². The average Bonchev–Trinajstić information content (AvgIpc) is 2.61. The number of methoxy groups -OCH3 is 1. The van der Waals surface area contributed by atoms with Crippen LogP contribution in [0.3, 0.4) is 0 Å². The van der Waals surface area contributed by atoms with Gasteiger partial charge in [-0.1, -0.05) is 12.1 Å². The number of hydrogen-bond donors (Lipinski definition) is 1. The first-order valence-corrected chi connectivity index (χ1v) is 10.1. The van der Waals surface area contributed by atoms with Gasteiger partial charge in [0, 0.05) is 39.1 Å². The smallest absolute Gasteiger partial charge is 0.221 e. The fourth-order valence-electron chi connectivity index (χ4n) is 2.68. The predicted octanol–water partition coefficient (Wildman–Crippen LogP) is 0.321. The fraction of sp³-hybridized carbons (Fsp3) is 0.588. The van der Waals surface area contributed by atoms with Gasteiger partial charge in [-0.25, -0.2) is 8.42 Å². The predicted molar refractivity (Wildman–Crippen MR) is 97.2 cm³/mol. The lowest BCUT2D eigenvalue weighted by Crippen LogP contribution is -2.48. The largest absolute Gasteiger partial charge is 0.497 e. The van der Waals surface area contributed by atoms with Gasteiger partial charge >= 0.3 is 0 Å². The van der Waals surface area contributed by atoms with Crippen LogP contribution in [0.5, 0.6) is 5.75 Å². The van der Waals surface area contributed by atoms with Crippen LogP contribution in [0.25, 0.3) is 0 Å². The van der Waals surface area contributed by atoms with E-state index in [1.165, 1.54) is 4.31 Å². The fourth-order valence-corrected chi connectivity index (χ4v) is 4.10. The third kappa shape index (κ3) is 6.30. The summed E-state index contributed by atoms with van der Waals surface area (Å²) < 4.78 is 31.2. The summed E-state index contributed by atoms with van der Waals surface area (Å²) in [6.07, 6.45) is 0.668. The summed E-state index contributed by atoms with van der Waals surface area (Å²) in [5, 5.41) is 2.78. The number of carbonyl (C=O) groups is 1. The van der Waals surface area contributed by atoms with Crippen LogP contribution in [0, 0.1) is 0 Å². The molecule has 0 aliphatic carbocycles. The number of piperazine rings is 1. The van der Waals surface area contributed by atoms with E-state index in [1.807, 2.05) is 31.3 Å². The van der Waals surface area contributed by atoms with E-state index >= 15 is 0 Å². The minimum absolute atomic E-state index is 0.00716. The Balaban J connectivity index is 1.71. The summed E-state index contributed by atoms with van der Waals surface area (Å²) in [5.74, 6) is 0.407. The molecule has 0 bridgehead atoms. The summed E-state index contributed by atoms with van der Waals surface area (Å²) >= 11 is 0. The van der Waals surface area contributed by atoms with Gasteiger partial charge in [-0.2, -0.15) is 4.31 Å². The van der Waals surface area contributed by atoms with Gasteiger partial charge in [0.05, 0.1) is 12.9 Å². The minimum Gasteiger partial charge on any atom is -0.497 e. The number of carbonyl (C=O) groups excluding carboxylic acids is 1. The number of hydrogen-bond acceptors (Lipinski definition) is 5. The SMILES string of the molecule is COc1cccc(CCNC(=O)CCS(=O)(=O)N2CCN(C)CC2)c1. The highest BCUT2D eigenvalue weighted by molar-refractivity contribution is 7.89. The van der Waals surface area contributed by atoms with Crippen molar-refractivity contribution in [3.05, 3.63) is 29.8 Å². The number of benzene rings is 1. The second kappa shape index (κ2) is 9.17. The molecule has 1 amide bonds. The van der Waals surface area contributed by atoms with Gasteiger partial charge < -0.3 is 15.0 Å². The first kappa shape index (κ1) is 19.7. The van der Waals surface area contributed by atoms with E-state index in [1.54, 1.807) is 7.11 Å². The summed E-state index contributed by atoms with van der Waals surface area (Å²) in [7, 11) is 0.226. The van der Waals surface area contributed by atoms with Crippen LogP contribution in [-0.4, -0.2) is 76.2 Å². The Hall–Kier alpha value is -1.64. The monoisotopic (exact) mass is 369 g/mol. The minimum atomic E-state index is -3.36. The first-order valence-electron chi connectivity index (χ1n) is 8.47. The highest BCUT2D eigenvalue weighted by Gasteiger charge is 2.25. The second-order valence-corrected chi connectivity index (χ2v) is 8.31. The number of rotatable bonds is 8. The molecule has 0 unspecified atom stereocenters. The Bertz CT molecular complexity index is 670. The Labute approximate surface area is 150 Å². The van der Waals surface area contributed by atoms with Crippen molar-refractivity contribution in [2.75, 3.05) is 52.6 Å². The first-order chi connectivity index (χ1) is 11.9. The van der Waals surface area contributed by atoms with E-state index in [0.717, 1.165) is 24.4 Å². The molecule has 1 aromatic carbocycles. The topological polar surface area (TPSA) is 78.9 Å². The van der Waals surface area contributed by atoms with Gasteiger partial charge in [0.25, 0.3) is 0 Å². The number of likely N-dealkylation sites (N-methyl/N-ethyl adjacent to an activating group) is 1. The number of nitrogens with zero attached hydrogens (tertiary/aromatic N) is 2. The van der Waals surface area contributed by atoms with Gasteiger partial charge in [0.15, 0.2) is 0 Å². The highest BCUT2D eigenvalue weighted by Crippen LogP contribution is 2.12. The van der Waals surface area contributed by atoms with Gasteiger partial charge in [-0.15, -0.1) is 0 Å². The Morgan fingerprint density at radius 3 is 2.64 bits per heavy atom. The molecule has 2 rings (SSSR count). The molecule has 7 nitrogen and oxygen atoms in total. The third-order valence-corrected chi connectivity index (χ3v) is 6.18. The summed E-state index contributed by atoms with van der Waals surface area (Å²) in [6, 6.07) is 7.65. The maximum absolute atomic E-state index is 12.3. The quantitative estimate of drug-likeness (QED) is 0.714. The molecule has 0 radical (unpaired) electrons. The van der Waals surface area contributed by atoms with Gasteiger partial charge in [0.2, 0.25) is 15.9 Å². The Morgan fingerprint density at radius 1 is 1.24 bits per heavy atom. The molecule has 0 aromatic heterocycles. The van der Waals surface area contributed by atoms with Crippen LogP contribution in [0.2, 0.25) is 0 Å². The molecule has 1 aliphatic rings. The van der Waals surface area contributed by atoms with Crippen LogP contribution in [0.15, 0.2) is 24.3 Å². The third-order valence-electron chi connectivity index (χ3n) is 4.31. The van der Waals surface area contributed by atoms with Crippen LogP contribution >= 0.6 is 0 Å². The van der Waals surface area contributed by atoms with Crippen LogP contribution in [-0.2, 0) is 21.2 Å². The van der Waals surface area contributed by atoms with E-state index in [2.05, 4.69) is 10.2 Å². The van der Waals surface area contributed by atoms with Gasteiger partial charge in [-0.05, 0) is 31.2 Å². The molecule has 0 saturated carbocycles. The molecule has 8 heteroatoms. The molecule has 1 heterocycles. The van der Waals surface area contributed by atoms with Crippen molar-refractivity contribution in [1.82, 2.24) is 14.5 Å². The summed E-state index contributed by atoms with van der Waals surface area (Å²) in [4.78, 5) is 14.0. The van der Waals surface area contributed by atoms with E-state index in [-0.39, 0.29) is 18.1 Å². The number of amides is 1. The lowest BCUT2D eigenvalue weighted by molar-refractivity contribution is -0.120. The molecule has 1 N–H and O–H groups in total. The number of sulfonamides is 1. The standard InChI is InChI=1S/C17H27N3O4S/c1-19-9-11-20(12-10-19)25(22,23)13-7-17(21)18-8-6-15-4-3-5-16(14-15)24-2/h3-5,14H,6-13H2,1-2H3,(H,18,21). The molecule has 1 fully saturated rings. The highest BCUT2D eigenvalue weighted by atomic mass is 32.2. The van der Waals surface area contributed by atoms with Crippen LogP contribution in [0.1, 0.15) is 12.0 Å². The molecular formula is C17H27N3O4S. The lowest BCUT2D eigenvalue weighted by Gasteiger charge is -2.31. The van der Waals surface area contributed by atoms with Crippen molar-refractivity contribution < 1.29 is 17.9 Å². The molecular weight excluding hydrogens is 342 g/mol. The Morgan fingerprint density at radius 2 is 1.96 bits per heavy atom. The average molecular weight is 369 g/mol. The molecule has 0 spiro atoms. The van der Waals surface area contributed by atoms with E-state index in [4.69, 9.17) is 4.74 Å². The molecule has 25 heavy (non-hydrogen) atoms. The Kier molecular flexibility index (Phi) is 7.22. The van der Waals surface area contributed by atoms with Crippen LogP contribution < -0.4 is 10.1 Å². The van der Waals surface area contributed by atoms with Gasteiger partial charge in [0.1, 0.15) is 5.75 Å². The number of ether oxygens (including phenoxy) is 1. The van der Waals surface area contributed by atoms with Gasteiger partial charge in [-0.3, -0.25) is 4.79 Å². The molecule has 1 aromatic rings. The van der Waals surface area contributed by atoms with E-state index in [0.29, 0.717) is 26.1 Å². The zero-order chi connectivity index (χ0) is 18.3. The maximum Gasteiger partial charge on any atom is 0.221 e. The number of nitrogens with one attached hydrogen (secondary N) is 1. The summed E-state index contributed by atoms with van der Waals surface area (Å²) in [5.41, 5.74) is 1.06. The normalized spacial score (nSPS) is 16.6. The molecule has 1 aliphatic heterocycles. The zero-order valence-corrected chi connectivity index (χ0v) is 15.7.